The van der Waals surface area contributed by atoms with Gasteiger partial charge in [0, 0.05) is 65.4 Å². The highest BCUT2D eigenvalue weighted by Crippen LogP contribution is 2.33. The second kappa shape index (κ2) is 11.1. The highest BCUT2D eigenvalue weighted by molar-refractivity contribution is 7.13. The van der Waals surface area contributed by atoms with Crippen LogP contribution < -0.4 is 11.1 Å². The van der Waals surface area contributed by atoms with Crippen LogP contribution in [0.15, 0.2) is 79.3 Å². The first-order chi connectivity index (χ1) is 16.7. The second-order valence-electron chi connectivity index (χ2n) is 8.25. The summed E-state index contributed by atoms with van der Waals surface area (Å²) in [7, 11) is 3.81. The number of nitrogens with one attached hydrogen (secondary N) is 1. The van der Waals surface area contributed by atoms with Crippen LogP contribution in [0, 0.1) is 17.9 Å². The molecule has 182 valence electrons. The number of hydrogen-bond acceptors (Lipinski definition) is 5. The van der Waals surface area contributed by atoms with E-state index in [0.717, 1.165) is 38.6 Å². The van der Waals surface area contributed by atoms with Crippen molar-refractivity contribution in [2.24, 2.45) is 0 Å². The summed E-state index contributed by atoms with van der Waals surface area (Å²) in [6.45, 7) is 11.7. The first-order valence-electron chi connectivity index (χ1n) is 11.1. The van der Waals surface area contributed by atoms with E-state index in [1.807, 2.05) is 51.1 Å². The zero-order valence-electron chi connectivity index (χ0n) is 20.5. The predicted octanol–water partition coefficient (Wildman–Crippen LogP) is 7.18. The van der Waals surface area contributed by atoms with Crippen LogP contribution in [-0.2, 0) is 6.42 Å². The van der Waals surface area contributed by atoms with Crippen molar-refractivity contribution in [2.75, 3.05) is 25.1 Å². The first kappa shape index (κ1) is 25.9. The Morgan fingerprint density at radius 2 is 1.94 bits per heavy atom. The number of anilines is 2. The largest absolute Gasteiger partial charge is 0.398 e. The number of allylic oxidation sites excluding steroid dienone is 5. The van der Waals surface area contributed by atoms with Gasteiger partial charge in [-0.05, 0) is 67.5 Å². The minimum Gasteiger partial charge on any atom is -0.398 e. The van der Waals surface area contributed by atoms with Crippen LogP contribution in [0.1, 0.15) is 23.6 Å². The second-order valence-corrected chi connectivity index (χ2v) is 9.28. The topological polar surface area (TPSA) is 54.2 Å². The van der Waals surface area contributed by atoms with Crippen LogP contribution >= 0.6 is 11.3 Å². The molecule has 0 atom stereocenters. The van der Waals surface area contributed by atoms with Crippen LogP contribution in [-0.4, -0.2) is 24.0 Å². The Bertz CT molecular complexity index is 1320. The fourth-order valence-corrected chi connectivity index (χ4v) is 4.51. The van der Waals surface area contributed by atoms with Crippen molar-refractivity contribution in [1.29, 1.82) is 0 Å². The summed E-state index contributed by atoms with van der Waals surface area (Å²) in [5.41, 5.74) is 11.1. The van der Waals surface area contributed by atoms with Crippen molar-refractivity contribution < 1.29 is 8.78 Å². The lowest BCUT2D eigenvalue weighted by Gasteiger charge is -2.17. The fourth-order valence-electron chi connectivity index (χ4n) is 3.70. The molecule has 2 aromatic heterocycles. The van der Waals surface area contributed by atoms with E-state index in [2.05, 4.69) is 23.5 Å². The average Bonchev–Trinajstić information content (AvgIpc) is 3.25. The lowest BCUT2D eigenvalue weighted by Crippen LogP contribution is -2.10. The molecule has 2 heterocycles. The molecule has 35 heavy (non-hydrogen) atoms. The quantitative estimate of drug-likeness (QED) is 0.245. The third-order valence-electron chi connectivity index (χ3n) is 5.66. The highest BCUT2D eigenvalue weighted by atomic mass is 32.1. The Labute approximate surface area is 209 Å². The summed E-state index contributed by atoms with van der Waals surface area (Å²) < 4.78 is 29.2. The van der Waals surface area contributed by atoms with Crippen LogP contribution in [0.2, 0.25) is 0 Å². The minimum atomic E-state index is -0.396. The number of aromatic nitrogens is 1. The third-order valence-corrected chi connectivity index (χ3v) is 6.57. The molecule has 0 unspecified atom stereocenters. The number of pyridine rings is 1. The van der Waals surface area contributed by atoms with Crippen LogP contribution in [0.3, 0.4) is 0 Å². The maximum Gasteiger partial charge on any atom is 0.176 e. The van der Waals surface area contributed by atoms with E-state index in [1.165, 1.54) is 6.07 Å². The number of hydrogen-bond donors (Lipinski definition) is 2. The molecule has 0 aliphatic heterocycles. The van der Waals surface area contributed by atoms with Gasteiger partial charge in [-0.15, -0.1) is 11.3 Å². The molecule has 3 N–H and O–H groups in total. The zero-order valence-corrected chi connectivity index (χ0v) is 21.3. The Morgan fingerprint density at radius 1 is 1.20 bits per heavy atom. The van der Waals surface area contributed by atoms with Gasteiger partial charge < -0.3 is 16.0 Å². The van der Waals surface area contributed by atoms with Crippen molar-refractivity contribution in [1.82, 2.24) is 9.88 Å². The summed E-state index contributed by atoms with van der Waals surface area (Å²) in [6.07, 6.45) is 7.28. The Kier molecular flexibility index (Phi) is 8.25. The van der Waals surface area contributed by atoms with Gasteiger partial charge in [-0.3, -0.25) is 0 Å². The van der Waals surface area contributed by atoms with Gasteiger partial charge in [0.25, 0.3) is 0 Å². The number of thiophene rings is 1. The Balaban J connectivity index is 1.89. The van der Waals surface area contributed by atoms with Gasteiger partial charge in [0.05, 0.1) is 0 Å². The van der Waals surface area contributed by atoms with E-state index in [4.69, 9.17) is 5.73 Å². The van der Waals surface area contributed by atoms with Gasteiger partial charge in [0.15, 0.2) is 5.13 Å². The van der Waals surface area contributed by atoms with E-state index in [9.17, 15) is 4.39 Å². The lowest BCUT2D eigenvalue weighted by molar-refractivity contribution is 0.530. The summed E-state index contributed by atoms with van der Waals surface area (Å²) in [5, 5.41) is 2.94. The number of nitrogens with zero attached hydrogens (tertiary/aromatic N) is 2. The number of halogens is 2. The number of likely N-dealkylation sites (N-methyl/N-ethyl adjacent to an activating group) is 1. The van der Waals surface area contributed by atoms with E-state index < -0.39 is 5.82 Å². The average molecular weight is 493 g/mol. The van der Waals surface area contributed by atoms with Gasteiger partial charge in [-0.2, -0.15) is 4.39 Å². The predicted molar refractivity (Wildman–Crippen MR) is 145 cm³/mol. The number of nitrogens with two attached hydrogens (primary N) is 1. The third kappa shape index (κ3) is 5.87. The first-order valence-corrected chi connectivity index (χ1v) is 11.9. The van der Waals surface area contributed by atoms with Crippen molar-refractivity contribution in [2.45, 2.75) is 20.3 Å². The van der Waals surface area contributed by atoms with Crippen LogP contribution in [0.4, 0.5) is 20.3 Å². The zero-order chi connectivity index (χ0) is 25.7. The van der Waals surface area contributed by atoms with Gasteiger partial charge in [0.2, 0.25) is 0 Å². The molecule has 3 aromatic rings. The van der Waals surface area contributed by atoms with Crippen molar-refractivity contribution in [3.63, 3.8) is 0 Å². The summed E-state index contributed by atoms with van der Waals surface area (Å²) in [5.74, 6) is 0.182. The monoisotopic (exact) mass is 492 g/mol. The van der Waals surface area contributed by atoms with Crippen molar-refractivity contribution in [3.8, 4) is 10.4 Å². The van der Waals surface area contributed by atoms with Gasteiger partial charge in [-0.25, -0.2) is 9.37 Å². The number of nitrogen functional groups attached to an aromatic ring is 1. The number of rotatable bonds is 9. The van der Waals surface area contributed by atoms with Crippen LogP contribution in [0.25, 0.3) is 16.0 Å². The summed E-state index contributed by atoms with van der Waals surface area (Å²) in [4.78, 5) is 7.12. The summed E-state index contributed by atoms with van der Waals surface area (Å²) in [6, 6.07) is 8.41. The molecule has 0 radical (unpaired) electrons. The van der Waals surface area contributed by atoms with E-state index in [1.54, 1.807) is 30.5 Å². The Morgan fingerprint density at radius 3 is 2.54 bits per heavy atom. The molecule has 4 nitrogen and oxygen atoms in total. The van der Waals surface area contributed by atoms with Crippen molar-refractivity contribution in [3.05, 3.63) is 107 Å². The molecule has 0 fully saturated rings. The smallest absolute Gasteiger partial charge is 0.176 e. The molecule has 0 bridgehead atoms. The fraction of sp³-hybridized carbons (Fsp3) is 0.179. The van der Waals surface area contributed by atoms with E-state index >= 15 is 4.39 Å². The molecule has 0 spiro atoms. The Hall–Kier alpha value is -3.71. The molecule has 7 heteroatoms. The van der Waals surface area contributed by atoms with E-state index in [0.29, 0.717) is 28.3 Å². The maximum absolute atomic E-state index is 15.7. The van der Waals surface area contributed by atoms with Gasteiger partial charge >= 0.3 is 0 Å². The molecule has 0 aliphatic carbocycles. The van der Waals surface area contributed by atoms with Crippen molar-refractivity contribution >= 4 is 28.4 Å². The van der Waals surface area contributed by atoms with Gasteiger partial charge in [-0.1, -0.05) is 19.2 Å². The molecular formula is C28H30F2N4S. The van der Waals surface area contributed by atoms with Crippen LogP contribution in [0.5, 0.6) is 0 Å². The number of benzene rings is 1. The maximum atomic E-state index is 15.7. The SMILES string of the molecule is C=C/C(=C\C(=C/C)c1ccc(N)c(CC(=C)Nc2nccc(-c3ccc(F)s3)c2C)c1F)N(C)C. The molecular weight excluding hydrogens is 462 g/mol. The normalized spacial score (nSPS) is 11.9. The molecule has 1 aromatic carbocycles. The molecule has 0 saturated heterocycles. The molecule has 0 amide bonds. The minimum absolute atomic E-state index is 0.174. The standard InChI is InChI=1S/C28H30F2N4S/c1-7-19(16-20(8-2)34(5)6)22-9-10-24(31)23(27(22)30)15-17(3)33-28-18(4)21(13-14-32-28)25-11-12-26(29)35-25/h7-14,16H,2-3,15,31H2,1,4-6H3,(H,32,33)/b19-7+,20-16+. The highest BCUT2D eigenvalue weighted by Gasteiger charge is 2.17. The molecule has 3 rings (SSSR count). The lowest BCUT2D eigenvalue weighted by atomic mass is 9.97. The molecule has 0 saturated carbocycles. The summed E-state index contributed by atoms with van der Waals surface area (Å²) >= 11 is 1.07. The van der Waals surface area contributed by atoms with E-state index in [-0.39, 0.29) is 11.6 Å². The molecule has 0 aliphatic rings. The van der Waals surface area contributed by atoms with Gasteiger partial charge in [0.1, 0.15) is 11.6 Å².